The molecule has 0 aliphatic heterocycles. The lowest BCUT2D eigenvalue weighted by Crippen LogP contribution is -2.46. The van der Waals surface area contributed by atoms with Gasteiger partial charge >= 0.3 is 0 Å². The van der Waals surface area contributed by atoms with Gasteiger partial charge in [0.1, 0.15) is 0 Å². The third-order valence-electron chi connectivity index (χ3n) is 3.32. The van der Waals surface area contributed by atoms with Crippen molar-refractivity contribution in [2.45, 2.75) is 33.7 Å². The molecule has 1 aromatic rings. The normalized spacial score (nSPS) is 11.8. The topological polar surface area (TPSA) is 61.4 Å². The van der Waals surface area contributed by atoms with Gasteiger partial charge in [-0.15, -0.1) is 0 Å². The van der Waals surface area contributed by atoms with E-state index in [0.29, 0.717) is 13.1 Å². The highest BCUT2D eigenvalue weighted by molar-refractivity contribution is 5.92. The predicted molar refractivity (Wildman–Crippen MR) is 85.2 cm³/mol. The van der Waals surface area contributed by atoms with Crippen molar-refractivity contribution >= 4 is 17.5 Å². The van der Waals surface area contributed by atoms with Gasteiger partial charge in [0.05, 0.1) is 12.6 Å². The van der Waals surface area contributed by atoms with Gasteiger partial charge in [-0.2, -0.15) is 0 Å². The molecule has 0 aliphatic carbocycles. The smallest absolute Gasteiger partial charge is 0.239 e. The van der Waals surface area contributed by atoms with Gasteiger partial charge in [0.2, 0.25) is 11.8 Å². The molecule has 116 valence electrons. The molecule has 0 saturated carbocycles. The summed E-state index contributed by atoms with van der Waals surface area (Å²) in [6.45, 7) is 9.10. The first-order valence-electron chi connectivity index (χ1n) is 7.36. The minimum atomic E-state index is -0.367. The summed E-state index contributed by atoms with van der Waals surface area (Å²) in [5.74, 6) is -0.136. The highest BCUT2D eigenvalue weighted by Gasteiger charge is 2.18. The Morgan fingerprint density at radius 2 is 1.90 bits per heavy atom. The molecule has 0 radical (unpaired) electrons. The van der Waals surface area contributed by atoms with Crippen LogP contribution >= 0.6 is 0 Å². The van der Waals surface area contributed by atoms with Crippen molar-refractivity contribution in [2.24, 2.45) is 0 Å². The first-order chi connectivity index (χ1) is 9.97. The van der Waals surface area contributed by atoms with Crippen LogP contribution in [0.25, 0.3) is 0 Å². The van der Waals surface area contributed by atoms with Crippen molar-refractivity contribution in [1.82, 2.24) is 10.2 Å². The number of aryl methyl sites for hydroxylation is 1. The van der Waals surface area contributed by atoms with Crippen LogP contribution in [0.4, 0.5) is 5.69 Å². The van der Waals surface area contributed by atoms with Crippen LogP contribution in [0.1, 0.15) is 26.3 Å². The van der Waals surface area contributed by atoms with Crippen LogP contribution in [0.3, 0.4) is 0 Å². The average molecular weight is 291 g/mol. The van der Waals surface area contributed by atoms with Gasteiger partial charge in [-0.3, -0.25) is 14.9 Å². The maximum absolute atomic E-state index is 12.1. The van der Waals surface area contributed by atoms with E-state index in [1.54, 1.807) is 11.8 Å². The van der Waals surface area contributed by atoms with Gasteiger partial charge in [-0.1, -0.05) is 12.1 Å². The number of hydrogen-bond donors (Lipinski definition) is 2. The maximum Gasteiger partial charge on any atom is 0.239 e. The van der Waals surface area contributed by atoms with E-state index in [-0.39, 0.29) is 24.4 Å². The Bertz CT molecular complexity index is 484. The van der Waals surface area contributed by atoms with Gasteiger partial charge in [0.25, 0.3) is 0 Å². The van der Waals surface area contributed by atoms with Crippen molar-refractivity contribution in [1.29, 1.82) is 0 Å². The number of nitrogens with zero attached hydrogens (tertiary/aromatic N) is 1. The molecule has 1 atom stereocenters. The number of anilines is 1. The number of hydrogen-bond acceptors (Lipinski definition) is 3. The summed E-state index contributed by atoms with van der Waals surface area (Å²) in [5.41, 5.74) is 1.86. The van der Waals surface area contributed by atoms with Gasteiger partial charge in [0, 0.05) is 18.8 Å². The minimum Gasteiger partial charge on any atom is -0.342 e. The lowest BCUT2D eigenvalue weighted by atomic mass is 10.2. The summed E-state index contributed by atoms with van der Waals surface area (Å²) in [4.78, 5) is 25.7. The summed E-state index contributed by atoms with van der Waals surface area (Å²) >= 11 is 0. The van der Waals surface area contributed by atoms with Crippen molar-refractivity contribution in [3.8, 4) is 0 Å². The molecular formula is C16H25N3O2. The predicted octanol–water partition coefficient (Wildman–Crippen LogP) is 1.78. The van der Waals surface area contributed by atoms with E-state index in [9.17, 15) is 9.59 Å². The molecule has 1 unspecified atom stereocenters. The molecule has 0 aliphatic rings. The quantitative estimate of drug-likeness (QED) is 0.805. The molecule has 1 rings (SSSR count). The Balaban J connectivity index is 2.44. The molecule has 0 aromatic heterocycles. The standard InChI is InChI=1S/C16H25N3O2/c1-5-19(6-2)16(21)13(4)17-11-15(20)18-14-9-7-8-12(3)10-14/h7-10,13,17H,5-6,11H2,1-4H3,(H,18,20). The Morgan fingerprint density at radius 1 is 1.24 bits per heavy atom. The van der Waals surface area contributed by atoms with Crippen LogP contribution < -0.4 is 10.6 Å². The summed E-state index contributed by atoms with van der Waals surface area (Å²) in [7, 11) is 0. The van der Waals surface area contributed by atoms with Gasteiger partial charge in [0.15, 0.2) is 0 Å². The largest absolute Gasteiger partial charge is 0.342 e. The van der Waals surface area contributed by atoms with Crippen LogP contribution in [0, 0.1) is 6.92 Å². The van der Waals surface area contributed by atoms with E-state index < -0.39 is 0 Å². The average Bonchev–Trinajstić information content (AvgIpc) is 2.46. The first kappa shape index (κ1) is 17.2. The second-order valence-electron chi connectivity index (χ2n) is 5.03. The van der Waals surface area contributed by atoms with Crippen molar-refractivity contribution in [3.05, 3.63) is 29.8 Å². The van der Waals surface area contributed by atoms with Crippen molar-refractivity contribution in [3.63, 3.8) is 0 Å². The zero-order valence-electron chi connectivity index (χ0n) is 13.3. The lowest BCUT2D eigenvalue weighted by Gasteiger charge is -2.23. The summed E-state index contributed by atoms with van der Waals surface area (Å²) in [6.07, 6.45) is 0. The van der Waals surface area contributed by atoms with Crippen LogP contribution in [-0.4, -0.2) is 42.4 Å². The number of likely N-dealkylation sites (N-methyl/N-ethyl adjacent to an activating group) is 1. The summed E-state index contributed by atoms with van der Waals surface area (Å²) in [5, 5.41) is 5.77. The maximum atomic E-state index is 12.1. The van der Waals surface area contributed by atoms with E-state index in [0.717, 1.165) is 11.3 Å². The van der Waals surface area contributed by atoms with Crippen molar-refractivity contribution < 1.29 is 9.59 Å². The number of nitrogens with one attached hydrogen (secondary N) is 2. The van der Waals surface area contributed by atoms with Crippen LogP contribution in [-0.2, 0) is 9.59 Å². The minimum absolute atomic E-state index is 0.0170. The van der Waals surface area contributed by atoms with Crippen LogP contribution in [0.15, 0.2) is 24.3 Å². The van der Waals surface area contributed by atoms with Gasteiger partial charge in [-0.25, -0.2) is 0 Å². The van der Waals surface area contributed by atoms with E-state index >= 15 is 0 Å². The third kappa shape index (κ3) is 5.55. The fourth-order valence-electron chi connectivity index (χ4n) is 2.07. The van der Waals surface area contributed by atoms with E-state index in [1.807, 2.05) is 45.0 Å². The van der Waals surface area contributed by atoms with Gasteiger partial charge < -0.3 is 10.2 Å². The van der Waals surface area contributed by atoms with E-state index in [4.69, 9.17) is 0 Å². The molecular weight excluding hydrogens is 266 g/mol. The fourth-order valence-corrected chi connectivity index (χ4v) is 2.07. The molecule has 1 aromatic carbocycles. The number of rotatable bonds is 7. The van der Waals surface area contributed by atoms with Crippen LogP contribution in [0.2, 0.25) is 0 Å². The van der Waals surface area contributed by atoms with Crippen LogP contribution in [0.5, 0.6) is 0 Å². The Morgan fingerprint density at radius 3 is 2.48 bits per heavy atom. The van der Waals surface area contributed by atoms with Gasteiger partial charge in [-0.05, 0) is 45.4 Å². The number of carbonyl (C=O) groups excluding carboxylic acids is 2. The Labute approximate surface area is 126 Å². The van der Waals surface area contributed by atoms with E-state index in [2.05, 4.69) is 10.6 Å². The Kier molecular flexibility index (Phi) is 6.88. The molecule has 2 N–H and O–H groups in total. The second-order valence-corrected chi connectivity index (χ2v) is 5.03. The number of carbonyl (C=O) groups is 2. The zero-order valence-corrected chi connectivity index (χ0v) is 13.3. The molecule has 5 heteroatoms. The zero-order chi connectivity index (χ0) is 15.8. The monoisotopic (exact) mass is 291 g/mol. The molecule has 0 bridgehead atoms. The first-order valence-corrected chi connectivity index (χ1v) is 7.36. The molecule has 5 nitrogen and oxygen atoms in total. The SMILES string of the molecule is CCN(CC)C(=O)C(C)NCC(=O)Nc1cccc(C)c1. The molecule has 21 heavy (non-hydrogen) atoms. The Hall–Kier alpha value is -1.88. The molecule has 0 heterocycles. The number of benzene rings is 1. The lowest BCUT2D eigenvalue weighted by molar-refractivity contribution is -0.132. The fraction of sp³-hybridized carbons (Fsp3) is 0.500. The molecule has 0 saturated heterocycles. The molecule has 2 amide bonds. The highest BCUT2D eigenvalue weighted by Crippen LogP contribution is 2.08. The van der Waals surface area contributed by atoms with Crippen molar-refractivity contribution in [2.75, 3.05) is 25.0 Å². The summed E-state index contributed by atoms with van der Waals surface area (Å²) < 4.78 is 0. The highest BCUT2D eigenvalue weighted by atomic mass is 16.2. The molecule has 0 fully saturated rings. The van der Waals surface area contributed by atoms with E-state index in [1.165, 1.54) is 0 Å². The second kappa shape index (κ2) is 8.42. The summed E-state index contributed by atoms with van der Waals surface area (Å²) in [6, 6.07) is 7.25. The number of amides is 2. The third-order valence-corrected chi connectivity index (χ3v) is 3.32. The molecule has 0 spiro atoms.